The Morgan fingerprint density at radius 2 is 1.61 bits per heavy atom. The SMILES string of the molecule is COc1cc(N2CCC(N3CCCCC3)CC2)ccc1Nc1ncc(C)c(Nc2ccccc2S(=O)(=O)NC2CCCC2)n1. The van der Waals surface area contributed by atoms with Gasteiger partial charge in [-0.1, -0.05) is 31.4 Å². The minimum absolute atomic E-state index is 0.0163. The average Bonchev–Trinajstić information content (AvgIpc) is 3.56. The summed E-state index contributed by atoms with van der Waals surface area (Å²) in [5.74, 6) is 1.63. The topological polar surface area (TPSA) is 112 Å². The zero-order valence-electron chi connectivity index (χ0n) is 25.9. The van der Waals surface area contributed by atoms with Gasteiger partial charge >= 0.3 is 0 Å². The van der Waals surface area contributed by atoms with E-state index >= 15 is 0 Å². The molecular formula is C33H45N7O3S. The van der Waals surface area contributed by atoms with Crippen LogP contribution in [0.15, 0.2) is 53.6 Å². The summed E-state index contributed by atoms with van der Waals surface area (Å²) in [6, 6.07) is 13.8. The number of nitrogens with zero attached hydrogens (tertiary/aromatic N) is 4. The second-order valence-corrected chi connectivity index (χ2v) is 14.0. The lowest BCUT2D eigenvalue weighted by atomic mass is 9.99. The number of benzene rings is 2. The van der Waals surface area contributed by atoms with Crippen LogP contribution >= 0.6 is 0 Å². The molecule has 6 rings (SSSR count). The van der Waals surface area contributed by atoms with Crippen LogP contribution in [0.25, 0.3) is 0 Å². The Hall–Kier alpha value is -3.41. The number of aromatic nitrogens is 2. The summed E-state index contributed by atoms with van der Waals surface area (Å²) >= 11 is 0. The lowest BCUT2D eigenvalue weighted by Gasteiger charge is -2.41. The van der Waals surface area contributed by atoms with Gasteiger partial charge in [0.1, 0.15) is 16.5 Å². The predicted molar refractivity (Wildman–Crippen MR) is 176 cm³/mol. The number of anilines is 5. The van der Waals surface area contributed by atoms with Gasteiger partial charge in [-0.3, -0.25) is 0 Å². The highest BCUT2D eigenvalue weighted by molar-refractivity contribution is 7.89. The maximum absolute atomic E-state index is 13.3. The Bertz CT molecular complexity index is 1530. The van der Waals surface area contributed by atoms with Crippen LogP contribution in [0.2, 0.25) is 0 Å². The minimum Gasteiger partial charge on any atom is -0.494 e. The largest absolute Gasteiger partial charge is 0.494 e. The molecule has 0 radical (unpaired) electrons. The van der Waals surface area contributed by atoms with Crippen LogP contribution in [0.1, 0.15) is 63.4 Å². The van der Waals surface area contributed by atoms with Gasteiger partial charge in [-0.05, 0) is 82.8 Å². The molecule has 11 heteroatoms. The van der Waals surface area contributed by atoms with Crippen LogP contribution in [0.5, 0.6) is 5.75 Å². The Kier molecular flexibility index (Phi) is 9.53. The summed E-state index contributed by atoms with van der Waals surface area (Å²) in [4.78, 5) is 14.6. The number of likely N-dealkylation sites (tertiary alicyclic amines) is 1. The maximum Gasteiger partial charge on any atom is 0.242 e. The van der Waals surface area contributed by atoms with E-state index in [1.807, 2.05) is 19.1 Å². The minimum atomic E-state index is -3.69. The molecule has 0 amide bonds. The Morgan fingerprint density at radius 3 is 2.36 bits per heavy atom. The van der Waals surface area contributed by atoms with E-state index in [-0.39, 0.29) is 10.9 Å². The van der Waals surface area contributed by atoms with Gasteiger partial charge in [0.15, 0.2) is 0 Å². The molecule has 2 aromatic carbocycles. The first kappa shape index (κ1) is 30.6. The van der Waals surface area contributed by atoms with Gasteiger partial charge in [0.2, 0.25) is 16.0 Å². The molecule has 10 nitrogen and oxygen atoms in total. The zero-order chi connectivity index (χ0) is 30.5. The molecule has 1 saturated carbocycles. The number of methoxy groups -OCH3 is 1. The van der Waals surface area contributed by atoms with Crippen molar-refractivity contribution in [1.29, 1.82) is 0 Å². The number of hydrogen-bond donors (Lipinski definition) is 3. The molecule has 0 bridgehead atoms. The van der Waals surface area contributed by atoms with Crippen molar-refractivity contribution in [1.82, 2.24) is 19.6 Å². The molecule has 3 N–H and O–H groups in total. The van der Waals surface area contributed by atoms with E-state index in [2.05, 4.69) is 42.3 Å². The first-order chi connectivity index (χ1) is 21.4. The summed E-state index contributed by atoms with van der Waals surface area (Å²) in [7, 11) is -2.02. The first-order valence-electron chi connectivity index (χ1n) is 16.1. The molecule has 44 heavy (non-hydrogen) atoms. The van der Waals surface area contributed by atoms with Gasteiger partial charge in [0.25, 0.3) is 0 Å². The molecule has 1 aliphatic carbocycles. The van der Waals surface area contributed by atoms with Crippen LogP contribution in [-0.2, 0) is 10.0 Å². The number of hydrogen-bond acceptors (Lipinski definition) is 9. The number of ether oxygens (including phenoxy) is 1. The van der Waals surface area contributed by atoms with Crippen molar-refractivity contribution in [2.75, 3.05) is 48.8 Å². The third-order valence-corrected chi connectivity index (χ3v) is 10.8. The van der Waals surface area contributed by atoms with E-state index in [0.717, 1.165) is 55.7 Å². The lowest BCUT2D eigenvalue weighted by Crippen LogP contribution is -2.46. The number of piperidine rings is 2. The molecule has 3 aliphatic rings. The molecule has 3 heterocycles. The summed E-state index contributed by atoms with van der Waals surface area (Å²) in [5.41, 5.74) is 3.18. The van der Waals surface area contributed by atoms with Crippen LogP contribution in [0.3, 0.4) is 0 Å². The van der Waals surface area contributed by atoms with E-state index in [1.54, 1.807) is 31.5 Å². The van der Waals surface area contributed by atoms with Crippen molar-refractivity contribution in [3.8, 4) is 5.75 Å². The smallest absolute Gasteiger partial charge is 0.242 e. The molecule has 0 spiro atoms. The molecule has 1 aromatic heterocycles. The van der Waals surface area contributed by atoms with Crippen LogP contribution in [0, 0.1) is 6.92 Å². The fraction of sp³-hybridized carbons (Fsp3) is 0.515. The monoisotopic (exact) mass is 619 g/mol. The van der Waals surface area contributed by atoms with Crippen LogP contribution in [-0.4, -0.2) is 68.7 Å². The van der Waals surface area contributed by atoms with Gasteiger partial charge in [0, 0.05) is 48.7 Å². The van der Waals surface area contributed by atoms with Crippen molar-refractivity contribution >= 4 is 38.9 Å². The van der Waals surface area contributed by atoms with E-state index in [9.17, 15) is 8.42 Å². The van der Waals surface area contributed by atoms with Crippen LogP contribution < -0.4 is 25.0 Å². The molecular weight excluding hydrogens is 574 g/mol. The number of aryl methyl sites for hydroxylation is 1. The van der Waals surface area contributed by atoms with E-state index in [0.29, 0.717) is 29.2 Å². The lowest BCUT2D eigenvalue weighted by molar-refractivity contribution is 0.141. The Morgan fingerprint density at radius 1 is 0.864 bits per heavy atom. The van der Waals surface area contributed by atoms with Crippen molar-refractivity contribution in [3.63, 3.8) is 0 Å². The first-order valence-corrected chi connectivity index (χ1v) is 17.5. The third-order valence-electron chi connectivity index (χ3n) is 9.25. The van der Waals surface area contributed by atoms with E-state index in [1.165, 1.54) is 45.2 Å². The second kappa shape index (κ2) is 13.7. The quantitative estimate of drug-likeness (QED) is 0.253. The zero-order valence-corrected chi connectivity index (χ0v) is 26.7. The second-order valence-electron chi connectivity index (χ2n) is 12.3. The summed E-state index contributed by atoms with van der Waals surface area (Å²) in [6.45, 7) is 6.48. The number of sulfonamides is 1. The summed E-state index contributed by atoms with van der Waals surface area (Å²) < 4.78 is 35.2. The maximum atomic E-state index is 13.3. The molecule has 0 unspecified atom stereocenters. The third kappa shape index (κ3) is 7.11. The fourth-order valence-corrected chi connectivity index (χ4v) is 8.23. The standard InChI is InChI=1S/C33H45N7O3S/c1-24-23-34-33(37-32(24)35-29-12-6-7-13-31(29)44(41,42)38-25-10-4-5-11-25)36-28-15-14-27(22-30(28)43-2)40-20-16-26(17-21-40)39-18-8-3-9-19-39/h6-7,12-15,22-23,25-26,38H,3-5,8-11,16-21H2,1-2H3,(H2,34,35,36,37). The van der Waals surface area contributed by atoms with E-state index < -0.39 is 10.0 Å². The van der Waals surface area contributed by atoms with E-state index in [4.69, 9.17) is 9.72 Å². The molecule has 3 aromatic rings. The molecule has 2 aliphatic heterocycles. The van der Waals surface area contributed by atoms with Crippen molar-refractivity contribution < 1.29 is 13.2 Å². The highest BCUT2D eigenvalue weighted by Gasteiger charge is 2.27. The van der Waals surface area contributed by atoms with Gasteiger partial charge in [-0.2, -0.15) is 4.98 Å². The Balaban J connectivity index is 1.14. The molecule has 2 saturated heterocycles. The number of para-hydroxylation sites is 1. The Labute approximate surface area is 261 Å². The summed E-state index contributed by atoms with van der Waals surface area (Å²) in [5, 5.41) is 6.56. The molecule has 236 valence electrons. The molecule has 0 atom stereocenters. The van der Waals surface area contributed by atoms with Gasteiger partial charge < -0.3 is 25.2 Å². The number of nitrogens with one attached hydrogen (secondary N) is 3. The van der Waals surface area contributed by atoms with Gasteiger partial charge in [-0.25, -0.2) is 18.1 Å². The van der Waals surface area contributed by atoms with Gasteiger partial charge in [-0.15, -0.1) is 0 Å². The predicted octanol–water partition coefficient (Wildman–Crippen LogP) is 5.96. The average molecular weight is 620 g/mol. The van der Waals surface area contributed by atoms with Crippen molar-refractivity contribution in [2.24, 2.45) is 0 Å². The van der Waals surface area contributed by atoms with Crippen LogP contribution in [0.4, 0.5) is 28.8 Å². The summed E-state index contributed by atoms with van der Waals surface area (Å²) in [6.07, 6.45) is 12.0. The van der Waals surface area contributed by atoms with Crippen molar-refractivity contribution in [2.45, 2.75) is 81.7 Å². The highest BCUT2D eigenvalue weighted by Crippen LogP contribution is 2.34. The fourth-order valence-electron chi connectivity index (χ4n) is 6.76. The van der Waals surface area contributed by atoms with Crippen molar-refractivity contribution in [3.05, 3.63) is 54.2 Å². The molecule has 3 fully saturated rings. The number of rotatable bonds is 10. The normalized spacial score (nSPS) is 18.8. The highest BCUT2D eigenvalue weighted by atomic mass is 32.2. The van der Waals surface area contributed by atoms with Gasteiger partial charge in [0.05, 0.1) is 18.5 Å².